The van der Waals surface area contributed by atoms with E-state index in [-0.39, 0.29) is 11.9 Å². The molecule has 0 bridgehead atoms. The molecular formula is C19H21N3O4S. The van der Waals surface area contributed by atoms with Crippen LogP contribution in [0.1, 0.15) is 30.5 Å². The van der Waals surface area contributed by atoms with Gasteiger partial charge in [-0.15, -0.1) is 0 Å². The molecule has 0 unspecified atom stereocenters. The molecule has 1 atom stereocenters. The number of nitrogens with zero attached hydrogens (tertiary/aromatic N) is 2. The maximum absolute atomic E-state index is 12.1. The van der Waals surface area contributed by atoms with Crippen LogP contribution in [0.5, 0.6) is 5.75 Å². The molecule has 0 radical (unpaired) electrons. The number of rotatable bonds is 5. The summed E-state index contributed by atoms with van der Waals surface area (Å²) in [5.74, 6) is 0.613. The maximum atomic E-state index is 12.1. The molecule has 0 aliphatic carbocycles. The Morgan fingerprint density at radius 3 is 2.30 bits per heavy atom. The van der Waals surface area contributed by atoms with E-state index in [0.29, 0.717) is 12.1 Å². The van der Waals surface area contributed by atoms with Gasteiger partial charge in [-0.25, -0.2) is 13.4 Å². The normalized spacial score (nSPS) is 16.8. The summed E-state index contributed by atoms with van der Waals surface area (Å²) in [4.78, 5) is 12.1. The monoisotopic (exact) mass is 387 g/mol. The number of carbonyl (C=O) groups is 1. The zero-order valence-electron chi connectivity index (χ0n) is 15.3. The number of nitrogens with one attached hydrogen (secondary N) is 1. The lowest BCUT2D eigenvalue weighted by Gasteiger charge is -2.20. The molecule has 1 heterocycles. The smallest absolute Gasteiger partial charge is 0.240 e. The van der Waals surface area contributed by atoms with Gasteiger partial charge in [0.05, 0.1) is 25.1 Å². The summed E-state index contributed by atoms with van der Waals surface area (Å²) < 4.78 is 30.2. The van der Waals surface area contributed by atoms with Gasteiger partial charge in [0.25, 0.3) is 0 Å². The minimum absolute atomic E-state index is 0.138. The Balaban J connectivity index is 1.84. The third-order valence-corrected chi connectivity index (χ3v) is 4.86. The fraction of sp³-hybridized carbons (Fsp3) is 0.263. The Bertz CT molecular complexity index is 967. The van der Waals surface area contributed by atoms with Crippen LogP contribution in [0.3, 0.4) is 0 Å². The van der Waals surface area contributed by atoms with Crippen molar-refractivity contribution in [2.45, 2.75) is 19.4 Å². The predicted octanol–water partition coefficient (Wildman–Crippen LogP) is 2.76. The second kappa shape index (κ2) is 7.40. The number of amides is 1. The highest BCUT2D eigenvalue weighted by Gasteiger charge is 2.31. The van der Waals surface area contributed by atoms with Gasteiger partial charge < -0.3 is 4.74 Å². The van der Waals surface area contributed by atoms with Crippen molar-refractivity contribution in [1.29, 1.82) is 0 Å². The summed E-state index contributed by atoms with van der Waals surface area (Å²) in [6.45, 7) is 1.49. The average Bonchev–Trinajstić information content (AvgIpc) is 3.07. The lowest BCUT2D eigenvalue weighted by molar-refractivity contribution is -0.130. The maximum Gasteiger partial charge on any atom is 0.240 e. The van der Waals surface area contributed by atoms with E-state index in [4.69, 9.17) is 4.74 Å². The molecule has 1 N–H and O–H groups in total. The van der Waals surface area contributed by atoms with Gasteiger partial charge in [-0.1, -0.05) is 24.3 Å². The van der Waals surface area contributed by atoms with Gasteiger partial charge in [0.15, 0.2) is 0 Å². The number of carbonyl (C=O) groups excluding carboxylic acids is 1. The Morgan fingerprint density at radius 2 is 1.78 bits per heavy atom. The van der Waals surface area contributed by atoms with Gasteiger partial charge in [-0.2, -0.15) is 5.10 Å². The van der Waals surface area contributed by atoms with E-state index >= 15 is 0 Å². The zero-order valence-corrected chi connectivity index (χ0v) is 16.2. The van der Waals surface area contributed by atoms with Crippen LogP contribution in [0.25, 0.3) is 0 Å². The first-order valence-corrected chi connectivity index (χ1v) is 10.3. The third-order valence-electron chi connectivity index (χ3n) is 4.25. The Kier molecular flexibility index (Phi) is 5.18. The molecule has 1 amide bonds. The van der Waals surface area contributed by atoms with Crippen molar-refractivity contribution in [2.24, 2.45) is 5.10 Å². The van der Waals surface area contributed by atoms with E-state index in [1.54, 1.807) is 31.4 Å². The average molecular weight is 387 g/mol. The number of methoxy groups -OCH3 is 1. The molecule has 2 aromatic carbocycles. The number of hydrogen-bond acceptors (Lipinski definition) is 5. The predicted molar refractivity (Wildman–Crippen MR) is 104 cm³/mol. The molecule has 0 saturated heterocycles. The molecule has 3 rings (SSSR count). The van der Waals surface area contributed by atoms with Crippen LogP contribution in [0.4, 0.5) is 5.69 Å². The Hall–Kier alpha value is -2.87. The molecule has 7 nitrogen and oxygen atoms in total. The third kappa shape index (κ3) is 4.46. The summed E-state index contributed by atoms with van der Waals surface area (Å²) in [6, 6.07) is 14.3. The second-order valence-electron chi connectivity index (χ2n) is 6.35. The summed E-state index contributed by atoms with van der Waals surface area (Å²) in [6.07, 6.45) is 1.68. The molecule has 0 spiro atoms. The Morgan fingerprint density at radius 1 is 1.15 bits per heavy atom. The molecule has 2 aromatic rings. The quantitative estimate of drug-likeness (QED) is 0.854. The fourth-order valence-electron chi connectivity index (χ4n) is 3.01. The van der Waals surface area contributed by atoms with E-state index in [1.807, 2.05) is 24.3 Å². The SMILES string of the molecule is COc1ccc([C@H]2CC(c3ccc(NS(C)(=O)=O)cc3)=NN2C(C)=O)cc1. The molecule has 8 heteroatoms. The number of hydrazone groups is 1. The first kappa shape index (κ1) is 18.9. The highest BCUT2D eigenvalue weighted by atomic mass is 32.2. The number of sulfonamides is 1. The molecule has 142 valence electrons. The molecule has 0 saturated carbocycles. The first-order valence-electron chi connectivity index (χ1n) is 8.36. The minimum Gasteiger partial charge on any atom is -0.497 e. The molecular weight excluding hydrogens is 366 g/mol. The van der Waals surface area contributed by atoms with Crippen molar-refractivity contribution in [3.63, 3.8) is 0 Å². The van der Waals surface area contributed by atoms with Crippen molar-refractivity contribution < 1.29 is 17.9 Å². The van der Waals surface area contributed by atoms with Crippen LogP contribution >= 0.6 is 0 Å². The first-order chi connectivity index (χ1) is 12.8. The highest BCUT2D eigenvalue weighted by molar-refractivity contribution is 7.92. The van der Waals surface area contributed by atoms with Gasteiger partial charge >= 0.3 is 0 Å². The lowest BCUT2D eigenvalue weighted by Crippen LogP contribution is -2.24. The molecule has 27 heavy (non-hydrogen) atoms. The second-order valence-corrected chi connectivity index (χ2v) is 8.10. The highest BCUT2D eigenvalue weighted by Crippen LogP contribution is 2.33. The van der Waals surface area contributed by atoms with Crippen LogP contribution in [0, 0.1) is 0 Å². The van der Waals surface area contributed by atoms with Crippen LogP contribution in [-0.2, 0) is 14.8 Å². The fourth-order valence-corrected chi connectivity index (χ4v) is 3.57. The topological polar surface area (TPSA) is 88.1 Å². The number of benzene rings is 2. The van der Waals surface area contributed by atoms with Crippen molar-refractivity contribution >= 4 is 27.3 Å². The van der Waals surface area contributed by atoms with Gasteiger partial charge in [-0.05, 0) is 35.4 Å². The molecule has 0 fully saturated rings. The lowest BCUT2D eigenvalue weighted by atomic mass is 9.98. The van der Waals surface area contributed by atoms with Crippen LogP contribution in [0.2, 0.25) is 0 Å². The van der Waals surface area contributed by atoms with Gasteiger partial charge in [0.1, 0.15) is 5.75 Å². The van der Waals surface area contributed by atoms with Crippen molar-refractivity contribution in [3.8, 4) is 5.75 Å². The van der Waals surface area contributed by atoms with Crippen molar-refractivity contribution in [3.05, 3.63) is 59.7 Å². The number of hydrogen-bond donors (Lipinski definition) is 1. The van der Waals surface area contributed by atoms with Crippen LogP contribution in [0.15, 0.2) is 53.6 Å². The minimum atomic E-state index is -3.32. The molecule has 0 aromatic heterocycles. The standard InChI is InChI=1S/C19H21N3O4S/c1-13(23)22-19(15-6-10-17(26-2)11-7-15)12-18(20-22)14-4-8-16(9-5-14)21-27(3,24)25/h4-11,19,21H,12H2,1-3H3/t19-/m1/s1. The summed E-state index contributed by atoms with van der Waals surface area (Å²) in [5.41, 5.74) is 3.07. The van der Waals surface area contributed by atoms with Crippen molar-refractivity contribution in [1.82, 2.24) is 5.01 Å². The van der Waals surface area contributed by atoms with Gasteiger partial charge in [0, 0.05) is 19.0 Å². The van der Waals surface area contributed by atoms with E-state index in [0.717, 1.165) is 28.8 Å². The van der Waals surface area contributed by atoms with E-state index in [9.17, 15) is 13.2 Å². The van der Waals surface area contributed by atoms with Crippen LogP contribution < -0.4 is 9.46 Å². The summed E-state index contributed by atoms with van der Waals surface area (Å²) >= 11 is 0. The van der Waals surface area contributed by atoms with E-state index in [2.05, 4.69) is 9.82 Å². The zero-order chi connectivity index (χ0) is 19.6. The van der Waals surface area contributed by atoms with Gasteiger partial charge in [-0.3, -0.25) is 9.52 Å². The molecule has 1 aliphatic heterocycles. The van der Waals surface area contributed by atoms with Crippen molar-refractivity contribution in [2.75, 3.05) is 18.1 Å². The summed E-state index contributed by atoms with van der Waals surface area (Å²) in [5, 5.41) is 5.98. The largest absolute Gasteiger partial charge is 0.497 e. The number of ether oxygens (including phenoxy) is 1. The molecule has 1 aliphatic rings. The van der Waals surface area contributed by atoms with E-state index in [1.165, 1.54) is 11.9 Å². The number of anilines is 1. The van der Waals surface area contributed by atoms with E-state index < -0.39 is 10.0 Å². The summed E-state index contributed by atoms with van der Waals surface area (Å²) in [7, 11) is -1.72. The Labute approximate surface area is 158 Å². The van der Waals surface area contributed by atoms with Gasteiger partial charge in [0.2, 0.25) is 15.9 Å². The van der Waals surface area contributed by atoms with Crippen LogP contribution in [-0.4, -0.2) is 38.4 Å².